The van der Waals surface area contributed by atoms with E-state index in [9.17, 15) is 21.6 Å². The number of sulfonamides is 2. The fourth-order valence-electron chi connectivity index (χ4n) is 3.67. The largest absolute Gasteiger partial charge is 0.322 e. The molecule has 1 fully saturated rings. The van der Waals surface area contributed by atoms with Gasteiger partial charge in [0.15, 0.2) is 0 Å². The summed E-state index contributed by atoms with van der Waals surface area (Å²) in [7, 11) is -6.97. The average Bonchev–Trinajstić information content (AvgIpc) is 2.75. The molecule has 2 aromatic carbocycles. The summed E-state index contributed by atoms with van der Waals surface area (Å²) in [6.45, 7) is 4.21. The molecule has 3 rings (SSSR count). The van der Waals surface area contributed by atoms with Crippen molar-refractivity contribution in [2.45, 2.75) is 50.5 Å². The van der Waals surface area contributed by atoms with E-state index in [-0.39, 0.29) is 22.6 Å². The van der Waals surface area contributed by atoms with Crippen LogP contribution in [0.15, 0.2) is 53.4 Å². The highest BCUT2D eigenvalue weighted by atomic mass is 32.2. The molecule has 174 valence electrons. The SMILES string of the molecule is CCCS(=O)(=O)Nc1ccc(NC(=O)c2ccc(S(=O)(=O)N3CCCCC3C)cc2)cc1. The minimum Gasteiger partial charge on any atom is -0.322 e. The minimum atomic E-state index is -3.59. The molecular weight excluding hydrogens is 450 g/mol. The summed E-state index contributed by atoms with van der Waals surface area (Å²) >= 11 is 0. The Kier molecular flexibility index (Phi) is 7.58. The van der Waals surface area contributed by atoms with Gasteiger partial charge >= 0.3 is 0 Å². The molecule has 10 heteroatoms. The first-order chi connectivity index (χ1) is 15.1. The molecule has 0 spiro atoms. The quantitative estimate of drug-likeness (QED) is 0.600. The fraction of sp³-hybridized carbons (Fsp3) is 0.409. The van der Waals surface area contributed by atoms with Crippen molar-refractivity contribution in [1.29, 1.82) is 0 Å². The second-order valence-corrected chi connectivity index (χ2v) is 11.7. The van der Waals surface area contributed by atoms with Gasteiger partial charge in [0.1, 0.15) is 0 Å². The summed E-state index contributed by atoms with van der Waals surface area (Å²) in [5.74, 6) is -0.354. The van der Waals surface area contributed by atoms with Crippen LogP contribution < -0.4 is 10.0 Å². The Morgan fingerprint density at radius 1 is 0.969 bits per heavy atom. The van der Waals surface area contributed by atoms with E-state index in [0.29, 0.717) is 29.9 Å². The molecule has 1 aliphatic rings. The van der Waals surface area contributed by atoms with Gasteiger partial charge in [-0.3, -0.25) is 9.52 Å². The highest BCUT2D eigenvalue weighted by Gasteiger charge is 2.30. The molecule has 1 amide bonds. The van der Waals surface area contributed by atoms with E-state index in [4.69, 9.17) is 0 Å². The molecule has 2 N–H and O–H groups in total. The van der Waals surface area contributed by atoms with Crippen LogP contribution in [0.4, 0.5) is 11.4 Å². The number of nitrogens with one attached hydrogen (secondary N) is 2. The van der Waals surface area contributed by atoms with Gasteiger partial charge in [-0.2, -0.15) is 4.31 Å². The fourth-order valence-corrected chi connectivity index (χ4v) is 6.50. The van der Waals surface area contributed by atoms with Crippen LogP contribution >= 0.6 is 0 Å². The lowest BCUT2D eigenvalue weighted by molar-refractivity contribution is 0.102. The predicted molar refractivity (Wildman–Crippen MR) is 126 cm³/mol. The number of carbonyl (C=O) groups is 1. The lowest BCUT2D eigenvalue weighted by Crippen LogP contribution is -2.41. The van der Waals surface area contributed by atoms with E-state index < -0.39 is 20.0 Å². The van der Waals surface area contributed by atoms with Crippen LogP contribution in [0.25, 0.3) is 0 Å². The van der Waals surface area contributed by atoms with Crippen LogP contribution in [0.2, 0.25) is 0 Å². The van der Waals surface area contributed by atoms with E-state index in [1.54, 1.807) is 31.2 Å². The van der Waals surface area contributed by atoms with E-state index in [2.05, 4.69) is 10.0 Å². The molecule has 8 nitrogen and oxygen atoms in total. The van der Waals surface area contributed by atoms with E-state index in [0.717, 1.165) is 19.3 Å². The maximum atomic E-state index is 12.9. The predicted octanol–water partition coefficient (Wildman–Crippen LogP) is 3.65. The molecule has 32 heavy (non-hydrogen) atoms. The zero-order valence-corrected chi connectivity index (χ0v) is 19.9. The van der Waals surface area contributed by atoms with Gasteiger partial charge in [0.25, 0.3) is 5.91 Å². The number of piperidine rings is 1. The zero-order valence-electron chi connectivity index (χ0n) is 18.2. The first-order valence-electron chi connectivity index (χ1n) is 10.7. The third-order valence-corrected chi connectivity index (χ3v) is 8.87. The minimum absolute atomic E-state index is 0.0356. The number of carbonyl (C=O) groups excluding carboxylic acids is 1. The van der Waals surface area contributed by atoms with Crippen LogP contribution in [-0.2, 0) is 20.0 Å². The maximum absolute atomic E-state index is 12.9. The number of anilines is 2. The van der Waals surface area contributed by atoms with Crippen LogP contribution in [-0.4, -0.2) is 45.4 Å². The van der Waals surface area contributed by atoms with Crippen molar-refractivity contribution < 1.29 is 21.6 Å². The Bertz CT molecular complexity index is 1150. The van der Waals surface area contributed by atoms with Gasteiger partial charge in [-0.05, 0) is 74.7 Å². The lowest BCUT2D eigenvalue weighted by atomic mass is 10.1. The molecule has 1 saturated heterocycles. The monoisotopic (exact) mass is 479 g/mol. The first-order valence-corrected chi connectivity index (χ1v) is 13.8. The first kappa shape index (κ1) is 24.2. The Morgan fingerprint density at radius 3 is 2.19 bits per heavy atom. The molecule has 1 aliphatic heterocycles. The van der Waals surface area contributed by atoms with Gasteiger partial charge in [0.05, 0.1) is 10.6 Å². The summed E-state index contributed by atoms with van der Waals surface area (Å²) in [5.41, 5.74) is 1.23. The standard InChI is InChI=1S/C22H29N3O5S2/c1-3-16-31(27,28)24-20-11-9-19(10-12-20)23-22(26)18-7-13-21(14-8-18)32(29,30)25-15-5-4-6-17(25)2/h7-14,17,24H,3-6,15-16H2,1-2H3,(H,23,26). The van der Waals surface area contributed by atoms with E-state index in [1.165, 1.54) is 28.6 Å². The Balaban J connectivity index is 1.66. The molecule has 0 saturated carbocycles. The summed E-state index contributed by atoms with van der Waals surface area (Å²) in [5, 5.41) is 2.73. The Labute approximate surface area is 190 Å². The Morgan fingerprint density at radius 2 is 1.59 bits per heavy atom. The molecule has 1 heterocycles. The molecule has 0 aromatic heterocycles. The average molecular weight is 480 g/mol. The number of hydrogen-bond donors (Lipinski definition) is 2. The molecule has 1 atom stereocenters. The van der Waals surface area contributed by atoms with Crippen molar-refractivity contribution in [2.24, 2.45) is 0 Å². The summed E-state index contributed by atoms with van der Waals surface area (Å²) in [6.07, 6.45) is 3.24. The van der Waals surface area contributed by atoms with Gasteiger partial charge in [-0.25, -0.2) is 16.8 Å². The van der Waals surface area contributed by atoms with Crippen molar-refractivity contribution in [3.05, 3.63) is 54.1 Å². The van der Waals surface area contributed by atoms with Gasteiger partial charge in [-0.1, -0.05) is 13.3 Å². The molecule has 0 aliphatic carbocycles. The van der Waals surface area contributed by atoms with Crippen LogP contribution in [0.1, 0.15) is 49.9 Å². The van der Waals surface area contributed by atoms with Gasteiger partial charge < -0.3 is 5.32 Å². The van der Waals surface area contributed by atoms with Crippen LogP contribution in [0, 0.1) is 0 Å². The van der Waals surface area contributed by atoms with Gasteiger partial charge in [0, 0.05) is 29.5 Å². The number of hydrogen-bond acceptors (Lipinski definition) is 5. The highest BCUT2D eigenvalue weighted by Crippen LogP contribution is 2.25. The summed E-state index contributed by atoms with van der Waals surface area (Å²) in [4.78, 5) is 12.7. The lowest BCUT2D eigenvalue weighted by Gasteiger charge is -2.32. The second kappa shape index (κ2) is 10.0. The molecule has 0 bridgehead atoms. The normalized spacial score (nSPS) is 17.6. The summed E-state index contributed by atoms with van der Waals surface area (Å²) < 4.78 is 53.5. The second-order valence-electron chi connectivity index (χ2n) is 7.94. The van der Waals surface area contributed by atoms with E-state index in [1.807, 2.05) is 6.92 Å². The van der Waals surface area contributed by atoms with Crippen molar-refractivity contribution in [2.75, 3.05) is 22.3 Å². The van der Waals surface area contributed by atoms with Crippen molar-refractivity contribution in [1.82, 2.24) is 4.31 Å². The molecular formula is C22H29N3O5S2. The number of benzene rings is 2. The van der Waals surface area contributed by atoms with Crippen LogP contribution in [0.3, 0.4) is 0 Å². The third-order valence-electron chi connectivity index (χ3n) is 5.35. The maximum Gasteiger partial charge on any atom is 0.255 e. The van der Waals surface area contributed by atoms with Gasteiger partial charge in [-0.15, -0.1) is 0 Å². The number of nitrogens with zero attached hydrogens (tertiary/aromatic N) is 1. The molecule has 0 radical (unpaired) electrons. The Hall–Kier alpha value is -2.43. The summed E-state index contributed by atoms with van der Waals surface area (Å²) in [6, 6.07) is 12.2. The molecule has 2 aromatic rings. The van der Waals surface area contributed by atoms with Crippen molar-refractivity contribution in [3.8, 4) is 0 Å². The number of amides is 1. The van der Waals surface area contributed by atoms with Crippen molar-refractivity contribution in [3.63, 3.8) is 0 Å². The van der Waals surface area contributed by atoms with Crippen LogP contribution in [0.5, 0.6) is 0 Å². The van der Waals surface area contributed by atoms with Crippen molar-refractivity contribution >= 4 is 37.3 Å². The van der Waals surface area contributed by atoms with E-state index >= 15 is 0 Å². The molecule has 1 unspecified atom stereocenters. The third kappa shape index (κ3) is 5.87. The highest BCUT2D eigenvalue weighted by molar-refractivity contribution is 7.92. The smallest absolute Gasteiger partial charge is 0.255 e. The zero-order chi connectivity index (χ0) is 23.4. The van der Waals surface area contributed by atoms with Gasteiger partial charge in [0.2, 0.25) is 20.0 Å². The number of rotatable bonds is 8. The topological polar surface area (TPSA) is 113 Å².